The highest BCUT2D eigenvalue weighted by Crippen LogP contribution is 2.30. The summed E-state index contributed by atoms with van der Waals surface area (Å²) in [6.07, 6.45) is 4.06. The first-order chi connectivity index (χ1) is 13.0. The first kappa shape index (κ1) is 19.3. The van der Waals surface area contributed by atoms with Crippen molar-refractivity contribution in [1.29, 1.82) is 0 Å². The van der Waals surface area contributed by atoms with Crippen LogP contribution in [0.4, 0.5) is 5.69 Å². The van der Waals surface area contributed by atoms with Crippen LogP contribution >= 0.6 is 0 Å². The number of aromatic amines is 1. The average molecular weight is 371 g/mol. The average Bonchev–Trinajstić information content (AvgIpc) is 2.68. The van der Waals surface area contributed by atoms with Crippen LogP contribution in [-0.4, -0.2) is 43.2 Å². The van der Waals surface area contributed by atoms with Crippen molar-refractivity contribution in [2.45, 2.75) is 39.3 Å². The van der Waals surface area contributed by atoms with Crippen molar-refractivity contribution in [3.63, 3.8) is 0 Å². The number of anilines is 1. The summed E-state index contributed by atoms with van der Waals surface area (Å²) in [4.78, 5) is 17.9. The number of rotatable bonds is 6. The van der Waals surface area contributed by atoms with Crippen molar-refractivity contribution in [2.24, 2.45) is 0 Å². The van der Waals surface area contributed by atoms with Gasteiger partial charge in [-0.1, -0.05) is 0 Å². The standard InChI is InChI=1S/C21H29N3O3/c1-14-11-22-18(15(2)21(14)25)13-24-9-5-6-17(12-24)23-16-7-8-19(26-3)20(10-16)27-4/h7-8,10-11,17,23H,5-6,9,12-13H2,1-4H3,(H,22,25). The maximum absolute atomic E-state index is 12.2. The first-order valence-electron chi connectivity index (χ1n) is 9.40. The molecule has 3 rings (SSSR count). The molecule has 6 nitrogen and oxygen atoms in total. The van der Waals surface area contributed by atoms with Crippen molar-refractivity contribution in [2.75, 3.05) is 32.6 Å². The molecule has 1 aliphatic rings. The third-order valence-electron chi connectivity index (χ3n) is 5.26. The lowest BCUT2D eigenvalue weighted by molar-refractivity contribution is 0.206. The summed E-state index contributed by atoms with van der Waals surface area (Å²) in [5.41, 5.74) is 3.77. The van der Waals surface area contributed by atoms with Crippen LogP contribution in [0.2, 0.25) is 0 Å². The lowest BCUT2D eigenvalue weighted by atomic mass is 10.0. The third-order valence-corrected chi connectivity index (χ3v) is 5.26. The van der Waals surface area contributed by atoms with Crippen molar-refractivity contribution < 1.29 is 9.47 Å². The van der Waals surface area contributed by atoms with Crippen molar-refractivity contribution >= 4 is 5.69 Å². The van der Waals surface area contributed by atoms with Gasteiger partial charge in [0.2, 0.25) is 0 Å². The van der Waals surface area contributed by atoms with Crippen LogP contribution in [0.1, 0.15) is 29.7 Å². The Morgan fingerprint density at radius 3 is 2.74 bits per heavy atom. The van der Waals surface area contributed by atoms with E-state index >= 15 is 0 Å². The molecule has 1 aliphatic heterocycles. The minimum Gasteiger partial charge on any atom is -0.493 e. The highest BCUT2D eigenvalue weighted by atomic mass is 16.5. The Morgan fingerprint density at radius 2 is 2.00 bits per heavy atom. The van der Waals surface area contributed by atoms with Crippen LogP contribution in [-0.2, 0) is 6.54 Å². The molecule has 0 amide bonds. The van der Waals surface area contributed by atoms with Crippen molar-refractivity contribution in [3.8, 4) is 11.5 Å². The van der Waals surface area contributed by atoms with Gasteiger partial charge in [-0.2, -0.15) is 0 Å². The predicted molar refractivity (Wildman–Crippen MR) is 108 cm³/mol. The number of aryl methyl sites for hydroxylation is 1. The number of pyridine rings is 1. The molecule has 1 saturated heterocycles. The van der Waals surface area contributed by atoms with Gasteiger partial charge in [-0.05, 0) is 45.4 Å². The van der Waals surface area contributed by atoms with Crippen LogP contribution in [0.25, 0.3) is 0 Å². The number of piperidine rings is 1. The topological polar surface area (TPSA) is 66.6 Å². The Kier molecular flexibility index (Phi) is 6.06. The Labute approximate surface area is 160 Å². The molecule has 27 heavy (non-hydrogen) atoms. The minimum absolute atomic E-state index is 0.140. The van der Waals surface area contributed by atoms with E-state index in [0.717, 1.165) is 66.5 Å². The summed E-state index contributed by atoms with van der Waals surface area (Å²) in [6, 6.07) is 6.26. The van der Waals surface area contributed by atoms with Crippen LogP contribution in [0.15, 0.2) is 29.2 Å². The number of hydrogen-bond acceptors (Lipinski definition) is 5. The van der Waals surface area contributed by atoms with Crippen LogP contribution in [0.5, 0.6) is 11.5 Å². The summed E-state index contributed by atoms with van der Waals surface area (Å²) in [5, 5.41) is 3.61. The Balaban J connectivity index is 1.66. The molecule has 0 saturated carbocycles. The number of ether oxygens (including phenoxy) is 2. The lowest BCUT2D eigenvalue weighted by Gasteiger charge is -2.34. The van der Waals surface area contributed by atoms with E-state index in [-0.39, 0.29) is 5.43 Å². The molecular weight excluding hydrogens is 342 g/mol. The largest absolute Gasteiger partial charge is 0.493 e. The summed E-state index contributed by atoms with van der Waals surface area (Å²) in [7, 11) is 3.29. The Hall–Kier alpha value is -2.47. The van der Waals surface area contributed by atoms with E-state index in [9.17, 15) is 4.79 Å². The van der Waals surface area contributed by atoms with E-state index in [1.807, 2.05) is 38.2 Å². The smallest absolute Gasteiger partial charge is 0.187 e. The second-order valence-corrected chi connectivity index (χ2v) is 7.19. The van der Waals surface area contributed by atoms with E-state index < -0.39 is 0 Å². The van der Waals surface area contributed by atoms with Gasteiger partial charge in [0, 0.05) is 53.9 Å². The molecule has 2 heterocycles. The number of H-pyrrole nitrogens is 1. The monoisotopic (exact) mass is 371 g/mol. The van der Waals surface area contributed by atoms with Crippen LogP contribution < -0.4 is 20.2 Å². The number of aromatic nitrogens is 1. The van der Waals surface area contributed by atoms with E-state index in [4.69, 9.17) is 9.47 Å². The Bertz CT molecular complexity index is 847. The van der Waals surface area contributed by atoms with Gasteiger partial charge in [0.25, 0.3) is 0 Å². The number of benzene rings is 1. The predicted octanol–water partition coefficient (Wildman–Crippen LogP) is 3.09. The van der Waals surface area contributed by atoms with Gasteiger partial charge in [-0.3, -0.25) is 9.69 Å². The van der Waals surface area contributed by atoms with Crippen molar-refractivity contribution in [1.82, 2.24) is 9.88 Å². The zero-order chi connectivity index (χ0) is 19.4. The molecular formula is C21H29N3O3. The molecule has 1 aromatic heterocycles. The van der Waals surface area contributed by atoms with Gasteiger partial charge in [-0.25, -0.2) is 0 Å². The van der Waals surface area contributed by atoms with Gasteiger partial charge in [-0.15, -0.1) is 0 Å². The molecule has 1 aromatic carbocycles. The molecule has 1 unspecified atom stereocenters. The summed E-state index contributed by atoms with van der Waals surface area (Å²) in [5.74, 6) is 1.45. The molecule has 1 atom stereocenters. The number of hydrogen-bond donors (Lipinski definition) is 2. The summed E-state index contributed by atoms with van der Waals surface area (Å²) < 4.78 is 10.7. The fourth-order valence-electron chi connectivity index (χ4n) is 3.67. The second kappa shape index (κ2) is 8.48. The maximum atomic E-state index is 12.2. The molecule has 0 aliphatic carbocycles. The molecule has 0 bridgehead atoms. The van der Waals surface area contributed by atoms with Crippen LogP contribution in [0.3, 0.4) is 0 Å². The summed E-state index contributed by atoms with van der Waals surface area (Å²) in [6.45, 7) is 6.50. The molecule has 0 radical (unpaired) electrons. The minimum atomic E-state index is 0.140. The fourth-order valence-corrected chi connectivity index (χ4v) is 3.67. The van der Waals surface area contributed by atoms with Gasteiger partial charge >= 0.3 is 0 Å². The van der Waals surface area contributed by atoms with Gasteiger partial charge < -0.3 is 19.8 Å². The zero-order valence-electron chi connectivity index (χ0n) is 16.6. The SMILES string of the molecule is COc1ccc(NC2CCCN(Cc3[nH]cc(C)c(=O)c3C)C2)cc1OC. The van der Waals surface area contributed by atoms with Crippen molar-refractivity contribution in [3.05, 3.63) is 51.4 Å². The lowest BCUT2D eigenvalue weighted by Crippen LogP contribution is -2.42. The zero-order valence-corrected chi connectivity index (χ0v) is 16.6. The quantitative estimate of drug-likeness (QED) is 0.817. The number of nitrogens with one attached hydrogen (secondary N) is 2. The number of nitrogens with zero attached hydrogens (tertiary/aromatic N) is 1. The highest BCUT2D eigenvalue weighted by molar-refractivity contribution is 5.55. The second-order valence-electron chi connectivity index (χ2n) is 7.19. The highest BCUT2D eigenvalue weighted by Gasteiger charge is 2.21. The maximum Gasteiger partial charge on any atom is 0.187 e. The van der Waals surface area contributed by atoms with E-state index in [1.54, 1.807) is 14.2 Å². The van der Waals surface area contributed by atoms with Gasteiger partial charge in [0.1, 0.15) is 0 Å². The third kappa shape index (κ3) is 4.45. The van der Waals surface area contributed by atoms with E-state index in [2.05, 4.69) is 15.2 Å². The normalized spacial score (nSPS) is 17.6. The molecule has 6 heteroatoms. The number of methoxy groups -OCH3 is 2. The van der Waals surface area contributed by atoms with Gasteiger partial charge in [0.15, 0.2) is 16.9 Å². The molecule has 0 spiro atoms. The molecule has 2 aromatic rings. The number of likely N-dealkylation sites (tertiary alicyclic amines) is 1. The molecule has 2 N–H and O–H groups in total. The molecule has 146 valence electrons. The first-order valence-corrected chi connectivity index (χ1v) is 9.40. The Morgan fingerprint density at radius 1 is 1.22 bits per heavy atom. The van der Waals surface area contributed by atoms with E-state index in [0.29, 0.717) is 6.04 Å². The van der Waals surface area contributed by atoms with Gasteiger partial charge in [0.05, 0.1) is 14.2 Å². The summed E-state index contributed by atoms with van der Waals surface area (Å²) >= 11 is 0. The van der Waals surface area contributed by atoms with E-state index in [1.165, 1.54) is 0 Å². The molecule has 1 fully saturated rings. The fraction of sp³-hybridized carbons (Fsp3) is 0.476. The van der Waals surface area contributed by atoms with Crippen LogP contribution in [0, 0.1) is 13.8 Å².